The van der Waals surface area contributed by atoms with Crippen LogP contribution in [0.1, 0.15) is 29.3 Å². The van der Waals surface area contributed by atoms with Gasteiger partial charge in [-0.25, -0.2) is 4.79 Å². The molecule has 1 aliphatic heterocycles. The third-order valence-corrected chi connectivity index (χ3v) is 6.47. The summed E-state index contributed by atoms with van der Waals surface area (Å²) >= 11 is 1.61. The van der Waals surface area contributed by atoms with E-state index in [0.29, 0.717) is 24.0 Å². The van der Waals surface area contributed by atoms with E-state index in [1.807, 2.05) is 79.0 Å². The number of aromatic nitrogens is 2. The van der Waals surface area contributed by atoms with Crippen molar-refractivity contribution in [2.45, 2.75) is 19.5 Å². The van der Waals surface area contributed by atoms with Crippen LogP contribution in [-0.2, 0) is 6.54 Å². The van der Waals surface area contributed by atoms with Crippen LogP contribution in [0.2, 0.25) is 0 Å². The van der Waals surface area contributed by atoms with Crippen molar-refractivity contribution in [3.63, 3.8) is 0 Å². The number of rotatable bonds is 6. The van der Waals surface area contributed by atoms with Crippen LogP contribution < -0.4 is 10.1 Å². The van der Waals surface area contributed by atoms with Crippen molar-refractivity contribution in [2.24, 2.45) is 0 Å². The fourth-order valence-corrected chi connectivity index (χ4v) is 4.61. The van der Waals surface area contributed by atoms with Gasteiger partial charge in [-0.3, -0.25) is 4.90 Å². The number of carbonyl (C=O) groups excluding carboxylic acids is 1. The predicted octanol–water partition coefficient (Wildman–Crippen LogP) is 5.50. The molecule has 8 heteroatoms. The van der Waals surface area contributed by atoms with Crippen molar-refractivity contribution >= 4 is 22.9 Å². The van der Waals surface area contributed by atoms with Gasteiger partial charge in [-0.15, -0.1) is 11.3 Å². The summed E-state index contributed by atoms with van der Waals surface area (Å²) in [6, 6.07) is 20.6. The van der Waals surface area contributed by atoms with E-state index in [0.717, 1.165) is 27.3 Å². The Morgan fingerprint density at radius 3 is 2.73 bits per heavy atom. The highest BCUT2D eigenvalue weighted by molar-refractivity contribution is 7.09. The molecule has 2 aromatic heterocycles. The Bertz CT molecular complexity index is 1300. The highest BCUT2D eigenvalue weighted by Gasteiger charge is 2.36. The smallest absolute Gasteiger partial charge is 0.322 e. The van der Waals surface area contributed by atoms with E-state index in [-0.39, 0.29) is 6.03 Å². The summed E-state index contributed by atoms with van der Waals surface area (Å²) in [5.74, 6) is 1.57. The Hall–Kier alpha value is -3.91. The molecule has 0 aliphatic carbocycles. The van der Waals surface area contributed by atoms with Gasteiger partial charge in [0.1, 0.15) is 5.75 Å². The quantitative estimate of drug-likeness (QED) is 0.412. The molecular weight excluding hydrogens is 436 g/mol. The van der Waals surface area contributed by atoms with E-state index in [1.54, 1.807) is 23.3 Å². The van der Waals surface area contributed by atoms with Gasteiger partial charge in [0.25, 0.3) is 5.89 Å². The summed E-state index contributed by atoms with van der Waals surface area (Å²) in [4.78, 5) is 20.6. The van der Waals surface area contributed by atoms with Gasteiger partial charge in [-0.2, -0.15) is 4.98 Å². The molecule has 33 heavy (non-hydrogen) atoms. The summed E-state index contributed by atoms with van der Waals surface area (Å²) in [7, 11) is 1.62. The second-order valence-corrected chi connectivity index (χ2v) is 8.65. The zero-order valence-electron chi connectivity index (χ0n) is 18.2. The van der Waals surface area contributed by atoms with Gasteiger partial charge in [0, 0.05) is 16.1 Å². The topological polar surface area (TPSA) is 80.5 Å². The van der Waals surface area contributed by atoms with Crippen molar-refractivity contribution in [3.05, 3.63) is 94.1 Å². The van der Waals surface area contributed by atoms with Crippen LogP contribution in [0.4, 0.5) is 4.79 Å². The van der Waals surface area contributed by atoms with Gasteiger partial charge in [0.2, 0.25) is 5.82 Å². The van der Waals surface area contributed by atoms with Gasteiger partial charge < -0.3 is 14.6 Å². The highest BCUT2D eigenvalue weighted by atomic mass is 32.1. The molecule has 5 rings (SSSR count). The first-order valence-electron chi connectivity index (χ1n) is 10.5. The monoisotopic (exact) mass is 458 g/mol. The van der Waals surface area contributed by atoms with E-state index >= 15 is 0 Å². The normalized spacial score (nSPS) is 16.1. The summed E-state index contributed by atoms with van der Waals surface area (Å²) in [6.45, 7) is 2.38. The zero-order valence-corrected chi connectivity index (χ0v) is 19.0. The summed E-state index contributed by atoms with van der Waals surface area (Å²) < 4.78 is 11.1. The Morgan fingerprint density at radius 2 is 1.97 bits per heavy atom. The van der Waals surface area contributed by atoms with Crippen molar-refractivity contribution in [2.75, 3.05) is 7.11 Å². The molecule has 1 unspecified atom stereocenters. The van der Waals surface area contributed by atoms with Gasteiger partial charge >= 0.3 is 6.03 Å². The van der Waals surface area contributed by atoms with Crippen molar-refractivity contribution in [1.29, 1.82) is 0 Å². The van der Waals surface area contributed by atoms with Crippen molar-refractivity contribution in [1.82, 2.24) is 20.4 Å². The van der Waals surface area contributed by atoms with Gasteiger partial charge in [-0.05, 0) is 36.1 Å². The Morgan fingerprint density at radius 1 is 1.12 bits per heavy atom. The molecule has 7 nitrogen and oxygen atoms in total. The first-order valence-corrected chi connectivity index (χ1v) is 11.4. The lowest BCUT2D eigenvalue weighted by molar-refractivity contribution is 0.203. The Kier molecular flexibility index (Phi) is 5.66. The fourth-order valence-electron chi connectivity index (χ4n) is 3.92. The molecule has 0 saturated carbocycles. The van der Waals surface area contributed by atoms with Crippen LogP contribution in [-0.4, -0.2) is 28.2 Å². The maximum atomic E-state index is 13.2. The van der Waals surface area contributed by atoms with Crippen LogP contribution in [0.5, 0.6) is 5.75 Å². The van der Waals surface area contributed by atoms with E-state index < -0.39 is 6.04 Å². The van der Waals surface area contributed by atoms with Crippen LogP contribution in [0, 0.1) is 0 Å². The summed E-state index contributed by atoms with van der Waals surface area (Å²) in [5.41, 5.74) is 3.25. The minimum atomic E-state index is -0.462. The lowest BCUT2D eigenvalue weighted by atomic mass is 9.94. The number of ether oxygens (including phenoxy) is 1. The third kappa shape index (κ3) is 4.12. The molecule has 0 saturated heterocycles. The number of methoxy groups -OCH3 is 1. The first kappa shape index (κ1) is 21.0. The maximum Gasteiger partial charge on any atom is 0.322 e. The third-order valence-electron chi connectivity index (χ3n) is 5.61. The molecular formula is C25H22N4O3S. The van der Waals surface area contributed by atoms with Gasteiger partial charge in [0.05, 0.1) is 25.3 Å². The molecule has 1 aliphatic rings. The van der Waals surface area contributed by atoms with E-state index in [2.05, 4.69) is 15.5 Å². The van der Waals surface area contributed by atoms with Crippen LogP contribution in [0.3, 0.4) is 0 Å². The molecule has 0 radical (unpaired) electrons. The van der Waals surface area contributed by atoms with E-state index in [1.165, 1.54) is 0 Å². The molecule has 2 amide bonds. The Balaban J connectivity index is 1.61. The predicted molar refractivity (Wildman–Crippen MR) is 126 cm³/mol. The average molecular weight is 459 g/mol. The van der Waals surface area contributed by atoms with Crippen molar-refractivity contribution < 1.29 is 14.1 Å². The number of carbonyl (C=O) groups is 1. The second kappa shape index (κ2) is 8.91. The number of allylic oxidation sites excluding steroid dienone is 1. The molecule has 1 atom stereocenters. The highest BCUT2D eigenvalue weighted by Crippen LogP contribution is 2.38. The number of urea groups is 1. The lowest BCUT2D eigenvalue weighted by Gasteiger charge is -2.35. The minimum absolute atomic E-state index is 0.180. The summed E-state index contributed by atoms with van der Waals surface area (Å²) in [6.07, 6.45) is 0. The lowest BCUT2D eigenvalue weighted by Crippen LogP contribution is -2.45. The average Bonchev–Trinajstić information content (AvgIpc) is 3.54. The molecule has 0 bridgehead atoms. The number of nitrogens with one attached hydrogen (secondary N) is 1. The molecule has 4 aromatic rings. The summed E-state index contributed by atoms with van der Waals surface area (Å²) in [5, 5.41) is 9.33. The van der Waals surface area contributed by atoms with Crippen LogP contribution >= 0.6 is 11.3 Å². The minimum Gasteiger partial charge on any atom is -0.497 e. The molecule has 166 valence electrons. The number of thiophene rings is 1. The number of amides is 2. The zero-order chi connectivity index (χ0) is 22.8. The van der Waals surface area contributed by atoms with Gasteiger partial charge in [-0.1, -0.05) is 53.7 Å². The van der Waals surface area contributed by atoms with Crippen molar-refractivity contribution in [3.8, 4) is 17.1 Å². The molecule has 0 spiro atoms. The molecule has 1 N–H and O–H groups in total. The second-order valence-electron chi connectivity index (χ2n) is 7.61. The van der Waals surface area contributed by atoms with Crippen LogP contribution in [0.25, 0.3) is 17.0 Å². The van der Waals surface area contributed by atoms with Gasteiger partial charge in [0.15, 0.2) is 0 Å². The fraction of sp³-hybridized carbons (Fsp3) is 0.160. The Labute approximate surface area is 195 Å². The maximum absolute atomic E-state index is 13.2. The standard InChI is InChI=1S/C25H22N4O3S/c1-16-21(24-27-23(28-32-24)17-8-4-3-5-9-17)22(18-10-6-11-19(14-18)31-2)26-25(30)29(16)15-20-12-7-13-33-20/h3-14,22H,15H2,1-2H3,(H,26,30). The number of hydrogen-bond donors (Lipinski definition) is 1. The van der Waals surface area contributed by atoms with E-state index in [4.69, 9.17) is 9.26 Å². The SMILES string of the molecule is COc1cccc(C2NC(=O)N(Cc3cccs3)C(C)=C2c2nc(-c3ccccc3)no2)c1. The molecule has 3 heterocycles. The first-order chi connectivity index (χ1) is 16.1. The number of benzene rings is 2. The molecule has 0 fully saturated rings. The number of hydrogen-bond acceptors (Lipinski definition) is 6. The number of nitrogens with zero attached hydrogens (tertiary/aromatic N) is 3. The molecule has 2 aromatic carbocycles. The largest absolute Gasteiger partial charge is 0.497 e. The van der Waals surface area contributed by atoms with E-state index in [9.17, 15) is 4.79 Å². The van der Waals surface area contributed by atoms with Crippen LogP contribution in [0.15, 0.2) is 82.3 Å².